The maximum absolute atomic E-state index is 5.72. The van der Waals surface area contributed by atoms with E-state index in [9.17, 15) is 0 Å². The maximum atomic E-state index is 5.72. The van der Waals surface area contributed by atoms with Gasteiger partial charge in [-0.25, -0.2) is 0 Å². The number of benzene rings is 1. The molecule has 80 valence electrons. The number of hydrogen-bond donors (Lipinski definition) is 2. The molecule has 3 N–H and O–H groups in total. The minimum absolute atomic E-state index is 0.741. The fourth-order valence-corrected chi connectivity index (χ4v) is 1.84. The van der Waals surface area contributed by atoms with Crippen LogP contribution in [0.15, 0.2) is 24.3 Å². The zero-order chi connectivity index (χ0) is 10.7. The van der Waals surface area contributed by atoms with E-state index in [2.05, 4.69) is 11.4 Å². The van der Waals surface area contributed by atoms with E-state index in [1.54, 1.807) is 7.11 Å². The molecule has 0 amide bonds. The van der Waals surface area contributed by atoms with Crippen molar-refractivity contribution >= 4 is 11.3 Å². The second-order valence-corrected chi connectivity index (χ2v) is 3.64. The lowest BCUT2D eigenvalue weighted by Gasteiger charge is -2.17. The summed E-state index contributed by atoms with van der Waals surface area (Å²) >= 11 is 0. The topological polar surface area (TPSA) is 47.3 Å². The molecule has 15 heavy (non-hydrogen) atoms. The first-order valence-electron chi connectivity index (χ1n) is 5.15. The van der Waals surface area contributed by atoms with E-state index < -0.39 is 0 Å². The van der Waals surface area contributed by atoms with Gasteiger partial charge in [0.05, 0.1) is 7.11 Å². The third kappa shape index (κ3) is 2.13. The number of hydrogen-bond acceptors (Lipinski definition) is 3. The Bertz CT molecular complexity index is 385. The third-order valence-electron chi connectivity index (χ3n) is 2.64. The molecule has 0 aliphatic carbocycles. The number of rotatable bonds is 2. The SMILES string of the molecule is COc1cc(N)ccc1C1=CCNCC1. The van der Waals surface area contributed by atoms with Gasteiger partial charge in [-0.3, -0.25) is 0 Å². The Labute approximate surface area is 89.9 Å². The number of nitrogen functional groups attached to an aromatic ring is 1. The van der Waals surface area contributed by atoms with Gasteiger partial charge in [-0.2, -0.15) is 0 Å². The standard InChI is InChI=1S/C12H16N2O/c1-15-12-8-10(13)2-3-11(12)9-4-6-14-7-5-9/h2-4,8,14H,5-7,13H2,1H3. The highest BCUT2D eigenvalue weighted by Gasteiger charge is 2.10. The van der Waals surface area contributed by atoms with Crippen LogP contribution in [0.3, 0.4) is 0 Å². The van der Waals surface area contributed by atoms with E-state index in [0.29, 0.717) is 0 Å². The average molecular weight is 204 g/mol. The quantitative estimate of drug-likeness (QED) is 0.720. The van der Waals surface area contributed by atoms with Gasteiger partial charge in [-0.15, -0.1) is 0 Å². The highest BCUT2D eigenvalue weighted by Crippen LogP contribution is 2.30. The summed E-state index contributed by atoms with van der Waals surface area (Å²) in [5.41, 5.74) is 8.96. The first-order valence-corrected chi connectivity index (χ1v) is 5.15. The maximum Gasteiger partial charge on any atom is 0.128 e. The van der Waals surface area contributed by atoms with Crippen LogP contribution >= 0.6 is 0 Å². The van der Waals surface area contributed by atoms with Crippen molar-refractivity contribution in [1.82, 2.24) is 5.32 Å². The van der Waals surface area contributed by atoms with Gasteiger partial charge in [-0.05, 0) is 30.7 Å². The first-order chi connectivity index (χ1) is 7.31. The lowest BCUT2D eigenvalue weighted by atomic mass is 9.99. The highest BCUT2D eigenvalue weighted by molar-refractivity contribution is 5.73. The summed E-state index contributed by atoms with van der Waals surface area (Å²) in [4.78, 5) is 0. The molecule has 1 aliphatic heterocycles. The predicted octanol–water partition coefficient (Wildman–Crippen LogP) is 1.65. The number of nitrogens with one attached hydrogen (secondary N) is 1. The Hall–Kier alpha value is -1.48. The second kappa shape index (κ2) is 4.36. The van der Waals surface area contributed by atoms with E-state index in [1.165, 1.54) is 5.57 Å². The van der Waals surface area contributed by atoms with E-state index in [4.69, 9.17) is 10.5 Å². The lowest BCUT2D eigenvalue weighted by molar-refractivity contribution is 0.413. The molecule has 0 saturated carbocycles. The molecule has 2 rings (SSSR count). The smallest absolute Gasteiger partial charge is 0.128 e. The number of ether oxygens (including phenoxy) is 1. The highest BCUT2D eigenvalue weighted by atomic mass is 16.5. The molecule has 0 fully saturated rings. The van der Waals surface area contributed by atoms with Crippen molar-refractivity contribution in [2.45, 2.75) is 6.42 Å². The zero-order valence-electron chi connectivity index (χ0n) is 8.92. The number of anilines is 1. The molecule has 1 aromatic carbocycles. The molecule has 1 heterocycles. The van der Waals surface area contributed by atoms with Gasteiger partial charge < -0.3 is 15.8 Å². The Morgan fingerprint density at radius 3 is 2.93 bits per heavy atom. The Kier molecular flexibility index (Phi) is 2.92. The van der Waals surface area contributed by atoms with E-state index in [-0.39, 0.29) is 0 Å². The fourth-order valence-electron chi connectivity index (χ4n) is 1.84. The fraction of sp³-hybridized carbons (Fsp3) is 0.333. The second-order valence-electron chi connectivity index (χ2n) is 3.64. The van der Waals surface area contributed by atoms with Gasteiger partial charge >= 0.3 is 0 Å². The van der Waals surface area contributed by atoms with E-state index in [0.717, 1.165) is 36.5 Å². The van der Waals surface area contributed by atoms with Crippen LogP contribution in [0.1, 0.15) is 12.0 Å². The summed E-state index contributed by atoms with van der Waals surface area (Å²) in [5.74, 6) is 0.864. The van der Waals surface area contributed by atoms with Crippen LogP contribution in [0.25, 0.3) is 5.57 Å². The van der Waals surface area contributed by atoms with Gasteiger partial charge in [0.2, 0.25) is 0 Å². The lowest BCUT2D eigenvalue weighted by Crippen LogP contribution is -2.20. The summed E-state index contributed by atoms with van der Waals surface area (Å²) in [6, 6.07) is 5.82. The Morgan fingerprint density at radius 1 is 1.40 bits per heavy atom. The zero-order valence-corrected chi connectivity index (χ0v) is 8.92. The van der Waals surface area contributed by atoms with E-state index in [1.807, 2.05) is 18.2 Å². The van der Waals surface area contributed by atoms with Crippen LogP contribution in [0.4, 0.5) is 5.69 Å². The van der Waals surface area contributed by atoms with Crippen LogP contribution in [-0.4, -0.2) is 20.2 Å². The molecule has 3 nitrogen and oxygen atoms in total. The molecule has 0 spiro atoms. The minimum atomic E-state index is 0.741. The Morgan fingerprint density at radius 2 is 2.27 bits per heavy atom. The third-order valence-corrected chi connectivity index (χ3v) is 2.64. The van der Waals surface area contributed by atoms with Crippen molar-refractivity contribution in [2.24, 2.45) is 0 Å². The van der Waals surface area contributed by atoms with Crippen molar-refractivity contribution in [1.29, 1.82) is 0 Å². The van der Waals surface area contributed by atoms with Crippen molar-refractivity contribution in [3.63, 3.8) is 0 Å². The van der Waals surface area contributed by atoms with Gasteiger partial charge in [0, 0.05) is 23.9 Å². The van der Waals surface area contributed by atoms with Crippen molar-refractivity contribution in [3.05, 3.63) is 29.8 Å². The largest absolute Gasteiger partial charge is 0.496 e. The van der Waals surface area contributed by atoms with Crippen LogP contribution in [-0.2, 0) is 0 Å². The van der Waals surface area contributed by atoms with Gasteiger partial charge in [0.25, 0.3) is 0 Å². The molecule has 1 aliphatic rings. The number of nitrogens with two attached hydrogens (primary N) is 1. The molecular formula is C12H16N2O. The molecule has 3 heteroatoms. The minimum Gasteiger partial charge on any atom is -0.496 e. The van der Waals surface area contributed by atoms with Gasteiger partial charge in [-0.1, -0.05) is 6.08 Å². The average Bonchev–Trinajstić information content (AvgIpc) is 2.30. The monoisotopic (exact) mass is 204 g/mol. The van der Waals surface area contributed by atoms with Crippen LogP contribution in [0, 0.1) is 0 Å². The molecule has 0 atom stereocenters. The molecule has 0 radical (unpaired) electrons. The molecular weight excluding hydrogens is 188 g/mol. The predicted molar refractivity (Wildman–Crippen MR) is 62.9 cm³/mol. The van der Waals surface area contributed by atoms with Gasteiger partial charge in [0.15, 0.2) is 0 Å². The summed E-state index contributed by atoms with van der Waals surface area (Å²) < 4.78 is 5.34. The molecule has 0 saturated heterocycles. The number of methoxy groups -OCH3 is 1. The first kappa shape index (κ1) is 10.1. The van der Waals surface area contributed by atoms with Gasteiger partial charge in [0.1, 0.15) is 5.75 Å². The molecule has 0 aromatic heterocycles. The molecule has 1 aromatic rings. The normalized spacial score (nSPS) is 15.9. The van der Waals surface area contributed by atoms with Crippen molar-refractivity contribution in [3.8, 4) is 5.75 Å². The van der Waals surface area contributed by atoms with Crippen LogP contribution < -0.4 is 15.8 Å². The summed E-state index contributed by atoms with van der Waals surface area (Å²) in [5, 5.41) is 3.29. The summed E-state index contributed by atoms with van der Waals surface area (Å²) in [6.45, 7) is 1.96. The summed E-state index contributed by atoms with van der Waals surface area (Å²) in [7, 11) is 1.68. The van der Waals surface area contributed by atoms with Crippen LogP contribution in [0.2, 0.25) is 0 Å². The summed E-state index contributed by atoms with van der Waals surface area (Å²) in [6.07, 6.45) is 3.25. The van der Waals surface area contributed by atoms with E-state index >= 15 is 0 Å². The Balaban J connectivity index is 2.38. The van der Waals surface area contributed by atoms with Crippen molar-refractivity contribution < 1.29 is 4.74 Å². The molecule has 0 unspecified atom stereocenters. The molecule has 0 bridgehead atoms. The van der Waals surface area contributed by atoms with Crippen LogP contribution in [0.5, 0.6) is 5.75 Å². The van der Waals surface area contributed by atoms with Crippen molar-refractivity contribution in [2.75, 3.05) is 25.9 Å².